The van der Waals surface area contributed by atoms with E-state index in [1.807, 2.05) is 34.9 Å². The van der Waals surface area contributed by atoms with Crippen molar-refractivity contribution in [3.05, 3.63) is 24.3 Å². The predicted molar refractivity (Wildman–Crippen MR) is 87.7 cm³/mol. The topological polar surface area (TPSA) is 49.6 Å². The second-order valence-corrected chi connectivity index (χ2v) is 7.29. The van der Waals surface area contributed by atoms with Crippen LogP contribution < -0.4 is 10.6 Å². The first kappa shape index (κ1) is 14.9. The number of nitrogens with two attached hydrogens (primary N) is 1. The van der Waals surface area contributed by atoms with Gasteiger partial charge in [0.05, 0.1) is 12.2 Å². The Labute approximate surface area is 130 Å². The van der Waals surface area contributed by atoms with Crippen LogP contribution in [0.5, 0.6) is 0 Å². The van der Waals surface area contributed by atoms with Crippen molar-refractivity contribution in [3.8, 4) is 0 Å². The van der Waals surface area contributed by atoms with Gasteiger partial charge in [-0.1, -0.05) is 19.1 Å². The summed E-state index contributed by atoms with van der Waals surface area (Å²) in [4.78, 5) is 18.0. The molecule has 0 saturated carbocycles. The Kier molecular flexibility index (Phi) is 4.52. The van der Waals surface area contributed by atoms with Crippen LogP contribution in [0.2, 0.25) is 0 Å². The van der Waals surface area contributed by atoms with Crippen LogP contribution in [0.3, 0.4) is 0 Å². The van der Waals surface area contributed by atoms with E-state index in [1.165, 1.54) is 4.90 Å². The first-order valence-electron chi connectivity index (χ1n) is 7.63. The van der Waals surface area contributed by atoms with Crippen molar-refractivity contribution in [2.75, 3.05) is 36.8 Å². The van der Waals surface area contributed by atoms with E-state index in [4.69, 9.17) is 5.73 Å². The minimum Gasteiger partial charge on any atom is -0.327 e. The number of nitrogens with zero attached hydrogens (tertiary/aromatic N) is 2. The molecule has 0 aliphatic carbocycles. The van der Waals surface area contributed by atoms with E-state index in [9.17, 15) is 4.79 Å². The summed E-state index contributed by atoms with van der Waals surface area (Å²) in [7, 11) is 0. The van der Waals surface area contributed by atoms with Gasteiger partial charge in [-0.2, -0.15) is 0 Å². The van der Waals surface area contributed by atoms with Crippen LogP contribution in [-0.2, 0) is 4.79 Å². The molecule has 3 rings (SSSR count). The zero-order valence-electron chi connectivity index (χ0n) is 12.5. The maximum atomic E-state index is 12.7. The Morgan fingerprint density at radius 3 is 3.00 bits per heavy atom. The lowest BCUT2D eigenvalue weighted by Gasteiger charge is -2.36. The van der Waals surface area contributed by atoms with Gasteiger partial charge in [-0.25, -0.2) is 0 Å². The highest BCUT2D eigenvalue weighted by Gasteiger charge is 2.27. The Hall–Kier alpha value is -1.04. The van der Waals surface area contributed by atoms with Crippen molar-refractivity contribution in [1.82, 2.24) is 4.90 Å². The van der Waals surface area contributed by atoms with Crippen LogP contribution >= 0.6 is 11.8 Å². The number of thioether (sulfide) groups is 1. The van der Waals surface area contributed by atoms with E-state index in [0.29, 0.717) is 12.5 Å². The summed E-state index contributed by atoms with van der Waals surface area (Å²) in [5.41, 5.74) is 7.14. The quantitative estimate of drug-likeness (QED) is 0.905. The molecule has 0 bridgehead atoms. The van der Waals surface area contributed by atoms with Crippen LogP contribution in [0.4, 0.5) is 5.69 Å². The lowest BCUT2D eigenvalue weighted by Crippen LogP contribution is -2.50. The molecule has 21 heavy (non-hydrogen) atoms. The van der Waals surface area contributed by atoms with Crippen molar-refractivity contribution in [2.45, 2.75) is 24.3 Å². The van der Waals surface area contributed by atoms with Gasteiger partial charge >= 0.3 is 0 Å². The second-order valence-electron chi connectivity index (χ2n) is 6.16. The molecule has 0 radical (unpaired) electrons. The highest BCUT2D eigenvalue weighted by molar-refractivity contribution is 7.99. The minimum absolute atomic E-state index is 0.198. The number of anilines is 1. The molecule has 4 nitrogen and oxygen atoms in total. The molecule has 0 spiro atoms. The van der Waals surface area contributed by atoms with E-state index >= 15 is 0 Å². The fraction of sp³-hybridized carbons (Fsp3) is 0.562. The third-order valence-corrected chi connectivity index (χ3v) is 5.20. The largest absolute Gasteiger partial charge is 0.327 e. The number of benzene rings is 1. The number of amides is 1. The molecular formula is C16H23N3OS. The molecule has 2 aliphatic rings. The zero-order chi connectivity index (χ0) is 14.8. The van der Waals surface area contributed by atoms with Crippen molar-refractivity contribution >= 4 is 23.4 Å². The van der Waals surface area contributed by atoms with Crippen LogP contribution in [0.25, 0.3) is 0 Å². The molecule has 1 fully saturated rings. The number of hydrogen-bond acceptors (Lipinski definition) is 4. The molecular weight excluding hydrogens is 282 g/mol. The fourth-order valence-corrected chi connectivity index (χ4v) is 4.34. The zero-order valence-corrected chi connectivity index (χ0v) is 13.3. The average molecular weight is 305 g/mol. The number of likely N-dealkylation sites (tertiary alicyclic amines) is 1. The first-order chi connectivity index (χ1) is 10.1. The summed E-state index contributed by atoms with van der Waals surface area (Å²) < 4.78 is 0. The standard InChI is InChI=1S/C16H23N3OS/c1-12-8-13(17)10-18(9-12)11-16(20)19-6-7-21-15-5-3-2-4-14(15)19/h2-5,12-13H,6-11,17H2,1H3. The number of fused-ring (bicyclic) bond motifs is 1. The number of hydrogen-bond donors (Lipinski definition) is 1. The molecule has 2 N–H and O–H groups in total. The molecule has 2 heterocycles. The third-order valence-electron chi connectivity index (χ3n) is 4.16. The van der Waals surface area contributed by atoms with Crippen LogP contribution in [0.1, 0.15) is 13.3 Å². The summed E-state index contributed by atoms with van der Waals surface area (Å²) in [5, 5.41) is 0. The number of para-hydroxylation sites is 1. The molecule has 1 aromatic carbocycles. The van der Waals surface area contributed by atoms with Crippen molar-refractivity contribution in [3.63, 3.8) is 0 Å². The smallest absolute Gasteiger partial charge is 0.241 e. The van der Waals surface area contributed by atoms with E-state index in [0.717, 1.165) is 37.5 Å². The summed E-state index contributed by atoms with van der Waals surface area (Å²) >= 11 is 1.83. The van der Waals surface area contributed by atoms with Crippen molar-refractivity contribution < 1.29 is 4.79 Å². The normalized spacial score (nSPS) is 26.5. The molecule has 0 aromatic heterocycles. The highest BCUT2D eigenvalue weighted by Crippen LogP contribution is 2.34. The van der Waals surface area contributed by atoms with E-state index in [-0.39, 0.29) is 11.9 Å². The van der Waals surface area contributed by atoms with Crippen LogP contribution in [0, 0.1) is 5.92 Å². The Morgan fingerprint density at radius 1 is 1.38 bits per heavy atom. The molecule has 2 aliphatic heterocycles. The fourth-order valence-electron chi connectivity index (χ4n) is 3.35. The third kappa shape index (κ3) is 3.42. The lowest BCUT2D eigenvalue weighted by atomic mass is 9.96. The Balaban J connectivity index is 1.69. The van der Waals surface area contributed by atoms with Gasteiger partial charge in [-0.15, -0.1) is 11.8 Å². The molecule has 1 saturated heterocycles. The summed E-state index contributed by atoms with van der Waals surface area (Å²) in [6.45, 7) is 5.31. The minimum atomic E-state index is 0.198. The maximum absolute atomic E-state index is 12.7. The molecule has 1 amide bonds. The number of carbonyl (C=O) groups is 1. The maximum Gasteiger partial charge on any atom is 0.241 e. The van der Waals surface area contributed by atoms with E-state index < -0.39 is 0 Å². The first-order valence-corrected chi connectivity index (χ1v) is 8.62. The van der Waals surface area contributed by atoms with Gasteiger partial charge in [-0.05, 0) is 24.5 Å². The number of rotatable bonds is 2. The van der Waals surface area contributed by atoms with Gasteiger partial charge in [-0.3, -0.25) is 9.69 Å². The van der Waals surface area contributed by atoms with Crippen LogP contribution in [-0.4, -0.2) is 48.8 Å². The van der Waals surface area contributed by atoms with Gasteiger partial charge in [0.15, 0.2) is 0 Å². The highest BCUT2D eigenvalue weighted by atomic mass is 32.2. The molecule has 1 aromatic rings. The molecule has 2 unspecified atom stereocenters. The van der Waals surface area contributed by atoms with E-state index in [2.05, 4.69) is 17.9 Å². The van der Waals surface area contributed by atoms with Gasteiger partial charge < -0.3 is 10.6 Å². The SMILES string of the molecule is CC1CC(N)CN(CC(=O)N2CCSc3ccccc32)C1. The second kappa shape index (κ2) is 6.38. The Bertz CT molecular complexity index is 512. The summed E-state index contributed by atoms with van der Waals surface area (Å²) in [6.07, 6.45) is 1.06. The lowest BCUT2D eigenvalue weighted by molar-refractivity contribution is -0.120. The average Bonchev–Trinajstić information content (AvgIpc) is 2.45. The number of piperidine rings is 1. The van der Waals surface area contributed by atoms with E-state index in [1.54, 1.807) is 0 Å². The monoisotopic (exact) mass is 305 g/mol. The molecule has 5 heteroatoms. The molecule has 114 valence electrons. The number of carbonyl (C=O) groups excluding carboxylic acids is 1. The van der Waals surface area contributed by atoms with Gasteiger partial charge in [0.1, 0.15) is 0 Å². The summed E-state index contributed by atoms with van der Waals surface area (Å²) in [6, 6.07) is 8.38. The predicted octanol–water partition coefficient (Wildman–Crippen LogP) is 1.79. The van der Waals surface area contributed by atoms with Crippen molar-refractivity contribution in [1.29, 1.82) is 0 Å². The Morgan fingerprint density at radius 2 is 2.19 bits per heavy atom. The summed E-state index contributed by atoms with van der Waals surface area (Å²) in [5.74, 6) is 1.74. The van der Waals surface area contributed by atoms with Gasteiger partial charge in [0, 0.05) is 36.3 Å². The van der Waals surface area contributed by atoms with Gasteiger partial charge in [0.25, 0.3) is 0 Å². The van der Waals surface area contributed by atoms with Crippen molar-refractivity contribution in [2.24, 2.45) is 11.7 Å². The van der Waals surface area contributed by atoms with Gasteiger partial charge in [0.2, 0.25) is 5.91 Å². The molecule has 2 atom stereocenters. The van der Waals surface area contributed by atoms with Crippen LogP contribution in [0.15, 0.2) is 29.2 Å².